The van der Waals surface area contributed by atoms with E-state index >= 15 is 0 Å². The van der Waals surface area contributed by atoms with Gasteiger partial charge < -0.3 is 24.2 Å². The van der Waals surface area contributed by atoms with Gasteiger partial charge in [0.2, 0.25) is 0 Å². The number of hydrogen-bond donors (Lipinski definition) is 1. The smallest absolute Gasteiger partial charge is 0.410 e. The monoisotopic (exact) mass is 346 g/mol. The average molecular weight is 346 g/mol. The summed E-state index contributed by atoms with van der Waals surface area (Å²) >= 11 is 0. The summed E-state index contributed by atoms with van der Waals surface area (Å²) in [6.45, 7) is 8.76. The first kappa shape index (κ1) is 20.7. The second-order valence-corrected chi connectivity index (χ2v) is 7.45. The Hall–Kier alpha value is -1.38. The molecule has 1 rings (SSSR count). The molecule has 0 saturated carbocycles. The van der Waals surface area contributed by atoms with E-state index in [9.17, 15) is 14.7 Å². The molecule has 0 aromatic rings. The Balaban J connectivity index is 2.56. The lowest BCUT2D eigenvalue weighted by Gasteiger charge is -2.38. The van der Waals surface area contributed by atoms with Crippen molar-refractivity contribution in [1.29, 1.82) is 0 Å². The fraction of sp³-hybridized carbons (Fsp3) is 0.875. The van der Waals surface area contributed by atoms with Crippen molar-refractivity contribution < 1.29 is 28.9 Å². The highest BCUT2D eigenvalue weighted by molar-refractivity contribution is 5.74. The lowest BCUT2D eigenvalue weighted by atomic mass is 10.1. The minimum Gasteiger partial charge on any atom is -0.467 e. The quantitative estimate of drug-likeness (QED) is 0.724. The number of rotatable bonds is 5. The van der Waals surface area contributed by atoms with Gasteiger partial charge in [-0.25, -0.2) is 9.59 Å². The van der Waals surface area contributed by atoms with Crippen molar-refractivity contribution in [1.82, 2.24) is 9.80 Å². The van der Waals surface area contributed by atoms with E-state index in [0.717, 1.165) is 0 Å². The molecule has 0 aromatic carbocycles. The van der Waals surface area contributed by atoms with Crippen molar-refractivity contribution >= 4 is 12.1 Å². The molecule has 8 heteroatoms. The number of methoxy groups -OCH3 is 1. The standard InChI is InChI=1S/C16H30N2O6/c1-15(2,3)24-14(20)17(5)10-16(4,21)11-18-7-8-23-12(9-18)13(19)22-6/h12,21H,7-11H2,1-6H3/t12-,16+/m1/s1. The third-order valence-electron chi connectivity index (χ3n) is 3.46. The molecule has 1 N–H and O–H groups in total. The van der Waals surface area contributed by atoms with Crippen molar-refractivity contribution in [3.05, 3.63) is 0 Å². The van der Waals surface area contributed by atoms with Gasteiger partial charge in [0.1, 0.15) is 5.60 Å². The van der Waals surface area contributed by atoms with Gasteiger partial charge in [0.05, 0.1) is 25.9 Å². The second kappa shape index (κ2) is 8.13. The number of nitrogens with zero attached hydrogens (tertiary/aromatic N) is 2. The van der Waals surface area contributed by atoms with Crippen LogP contribution in [-0.4, -0.2) is 91.2 Å². The predicted octanol–water partition coefficient (Wildman–Crippen LogP) is 0.478. The molecule has 1 heterocycles. The number of β-amino-alcohol motifs (C(OH)–C–C–N with tert-alkyl or cyclic N) is 1. The normalized spacial score (nSPS) is 21.7. The lowest BCUT2D eigenvalue weighted by molar-refractivity contribution is -0.161. The number of esters is 1. The highest BCUT2D eigenvalue weighted by atomic mass is 16.6. The molecule has 1 saturated heterocycles. The Bertz CT molecular complexity index is 446. The molecule has 1 amide bonds. The zero-order valence-electron chi connectivity index (χ0n) is 15.5. The number of morpholine rings is 1. The van der Waals surface area contributed by atoms with Crippen LogP contribution < -0.4 is 0 Å². The van der Waals surface area contributed by atoms with Gasteiger partial charge in [-0.15, -0.1) is 0 Å². The number of hydrogen-bond acceptors (Lipinski definition) is 7. The number of carbonyl (C=O) groups excluding carboxylic acids is 2. The molecule has 24 heavy (non-hydrogen) atoms. The molecule has 0 bridgehead atoms. The van der Waals surface area contributed by atoms with Crippen LogP contribution in [0.1, 0.15) is 27.7 Å². The molecule has 1 aliphatic rings. The number of likely N-dealkylation sites (N-methyl/N-ethyl adjacent to an activating group) is 1. The second-order valence-electron chi connectivity index (χ2n) is 7.45. The van der Waals surface area contributed by atoms with Crippen LogP contribution in [0.25, 0.3) is 0 Å². The Morgan fingerprint density at radius 1 is 1.33 bits per heavy atom. The summed E-state index contributed by atoms with van der Waals surface area (Å²) in [4.78, 5) is 26.9. The molecule has 1 fully saturated rings. The largest absolute Gasteiger partial charge is 0.467 e. The average Bonchev–Trinajstić information content (AvgIpc) is 2.43. The maximum absolute atomic E-state index is 12.0. The van der Waals surface area contributed by atoms with E-state index in [0.29, 0.717) is 26.2 Å². The molecule has 140 valence electrons. The molecule has 0 radical (unpaired) electrons. The van der Waals surface area contributed by atoms with E-state index in [2.05, 4.69) is 4.74 Å². The summed E-state index contributed by atoms with van der Waals surface area (Å²) in [5.41, 5.74) is -1.74. The zero-order valence-corrected chi connectivity index (χ0v) is 15.5. The van der Waals surface area contributed by atoms with Gasteiger partial charge in [0.15, 0.2) is 6.10 Å². The molecule has 8 nitrogen and oxygen atoms in total. The van der Waals surface area contributed by atoms with Gasteiger partial charge in [-0.2, -0.15) is 0 Å². The zero-order chi connectivity index (χ0) is 18.5. The predicted molar refractivity (Wildman–Crippen MR) is 87.7 cm³/mol. The molecule has 0 aliphatic carbocycles. The summed E-state index contributed by atoms with van der Waals surface area (Å²) in [6, 6.07) is 0. The number of ether oxygens (including phenoxy) is 3. The van der Waals surface area contributed by atoms with E-state index in [1.54, 1.807) is 34.7 Å². The summed E-state index contributed by atoms with van der Waals surface area (Å²) in [5, 5.41) is 10.6. The van der Waals surface area contributed by atoms with E-state index < -0.39 is 29.4 Å². The van der Waals surface area contributed by atoms with Crippen molar-refractivity contribution in [3.8, 4) is 0 Å². The van der Waals surface area contributed by atoms with Gasteiger partial charge in [0.25, 0.3) is 0 Å². The van der Waals surface area contributed by atoms with Crippen molar-refractivity contribution in [2.24, 2.45) is 0 Å². The Labute approximate surface area is 143 Å². The Morgan fingerprint density at radius 3 is 2.50 bits per heavy atom. The first-order chi connectivity index (χ1) is 10.9. The van der Waals surface area contributed by atoms with Crippen molar-refractivity contribution in [2.75, 3.05) is 46.9 Å². The maximum atomic E-state index is 12.0. The van der Waals surface area contributed by atoms with Gasteiger partial charge >= 0.3 is 12.1 Å². The van der Waals surface area contributed by atoms with E-state index in [1.807, 2.05) is 4.90 Å². The van der Waals surface area contributed by atoms with Crippen LogP contribution in [0.4, 0.5) is 4.79 Å². The maximum Gasteiger partial charge on any atom is 0.410 e. The van der Waals surface area contributed by atoms with Crippen LogP contribution in [-0.2, 0) is 19.0 Å². The minimum absolute atomic E-state index is 0.113. The Morgan fingerprint density at radius 2 is 1.96 bits per heavy atom. The summed E-state index contributed by atoms with van der Waals surface area (Å²) in [7, 11) is 2.90. The summed E-state index contributed by atoms with van der Waals surface area (Å²) < 4.78 is 15.3. The van der Waals surface area contributed by atoms with Crippen LogP contribution in [0.15, 0.2) is 0 Å². The topological polar surface area (TPSA) is 88.5 Å². The van der Waals surface area contributed by atoms with Crippen LogP contribution in [0.2, 0.25) is 0 Å². The molecule has 0 aromatic heterocycles. The van der Waals surface area contributed by atoms with Gasteiger partial charge in [0, 0.05) is 26.7 Å². The van der Waals surface area contributed by atoms with Crippen molar-refractivity contribution in [3.63, 3.8) is 0 Å². The van der Waals surface area contributed by atoms with E-state index in [1.165, 1.54) is 12.0 Å². The molecular weight excluding hydrogens is 316 g/mol. The van der Waals surface area contributed by atoms with E-state index in [-0.39, 0.29) is 6.54 Å². The highest BCUT2D eigenvalue weighted by Gasteiger charge is 2.33. The molecule has 0 spiro atoms. The third kappa shape index (κ3) is 7.02. The summed E-state index contributed by atoms with van der Waals surface area (Å²) in [5.74, 6) is -0.426. The lowest BCUT2D eigenvalue weighted by Crippen LogP contribution is -2.54. The first-order valence-corrected chi connectivity index (χ1v) is 8.02. The van der Waals surface area contributed by atoms with Crippen LogP contribution in [0, 0.1) is 0 Å². The summed E-state index contributed by atoms with van der Waals surface area (Å²) in [6.07, 6.45) is -1.14. The number of carbonyl (C=O) groups is 2. The van der Waals surface area contributed by atoms with Crippen LogP contribution in [0.5, 0.6) is 0 Å². The fourth-order valence-electron chi connectivity index (χ4n) is 2.57. The van der Waals surface area contributed by atoms with Crippen molar-refractivity contribution in [2.45, 2.75) is 45.0 Å². The van der Waals surface area contributed by atoms with Gasteiger partial charge in [-0.1, -0.05) is 0 Å². The third-order valence-corrected chi connectivity index (χ3v) is 3.46. The minimum atomic E-state index is -1.15. The van der Waals surface area contributed by atoms with Crippen LogP contribution >= 0.6 is 0 Å². The molecule has 2 atom stereocenters. The highest BCUT2D eigenvalue weighted by Crippen LogP contribution is 2.15. The Kier molecular flexibility index (Phi) is 7.00. The SMILES string of the molecule is COC(=O)[C@H]1CN(C[C@@](C)(O)CN(C)C(=O)OC(C)(C)C)CCO1. The number of amides is 1. The van der Waals surface area contributed by atoms with Gasteiger partial charge in [-0.3, -0.25) is 4.90 Å². The fourth-order valence-corrected chi connectivity index (χ4v) is 2.57. The molecule has 1 aliphatic heterocycles. The first-order valence-electron chi connectivity index (χ1n) is 8.02. The van der Waals surface area contributed by atoms with Crippen LogP contribution in [0.3, 0.4) is 0 Å². The molecular formula is C16H30N2O6. The molecule has 0 unspecified atom stereocenters. The van der Waals surface area contributed by atoms with Gasteiger partial charge in [-0.05, 0) is 27.7 Å². The number of aliphatic hydroxyl groups is 1. The van der Waals surface area contributed by atoms with E-state index in [4.69, 9.17) is 9.47 Å².